The fraction of sp³-hybridized carbons (Fsp3) is 0.500. The van der Waals surface area contributed by atoms with Crippen LogP contribution < -0.4 is 15.6 Å². The van der Waals surface area contributed by atoms with E-state index in [0.29, 0.717) is 18.1 Å². The van der Waals surface area contributed by atoms with E-state index in [2.05, 4.69) is 47.8 Å². The second-order valence-electron chi connectivity index (χ2n) is 9.12. The molecule has 9 heteroatoms. The first kappa shape index (κ1) is 22.5. The Morgan fingerprint density at radius 2 is 2.13 bits per heavy atom. The Balaban J connectivity index is 1.71. The summed E-state index contributed by atoms with van der Waals surface area (Å²) in [5, 5.41) is 10.7. The Morgan fingerprint density at radius 1 is 1.35 bits per heavy atom. The Morgan fingerprint density at radius 3 is 2.71 bits per heavy atom. The van der Waals surface area contributed by atoms with E-state index in [0.717, 1.165) is 36.3 Å². The van der Waals surface area contributed by atoms with E-state index >= 15 is 0 Å². The maximum atomic E-state index is 12.4. The number of hydrogen-bond acceptors (Lipinski definition) is 6. The van der Waals surface area contributed by atoms with E-state index in [4.69, 9.17) is 4.98 Å². The van der Waals surface area contributed by atoms with E-state index in [1.165, 1.54) is 5.01 Å². The molecule has 0 fully saturated rings. The molecular weight excluding hydrogens is 394 g/mol. The number of amides is 1. The zero-order valence-electron chi connectivity index (χ0n) is 18.8. The molecule has 31 heavy (non-hydrogen) atoms. The number of aromatic nitrogens is 3. The van der Waals surface area contributed by atoms with Gasteiger partial charge in [0.1, 0.15) is 0 Å². The van der Waals surface area contributed by atoms with Gasteiger partial charge in [0.15, 0.2) is 11.6 Å². The maximum Gasteiger partial charge on any atom is 0.287 e. The Hall–Kier alpha value is -3.23. The van der Waals surface area contributed by atoms with Crippen molar-refractivity contribution in [3.05, 3.63) is 47.0 Å². The number of allylic oxidation sites excluding steroid dienone is 1. The van der Waals surface area contributed by atoms with Crippen LogP contribution in [0.3, 0.4) is 0 Å². The molecule has 1 unspecified atom stereocenters. The Bertz CT molecular complexity index is 974. The highest BCUT2D eigenvalue weighted by atomic mass is 16.3. The number of anilines is 2. The minimum absolute atomic E-state index is 0.0551. The monoisotopic (exact) mass is 425 g/mol. The topological polar surface area (TPSA) is 105 Å². The number of nitrogens with one attached hydrogen (secondary N) is 2. The summed E-state index contributed by atoms with van der Waals surface area (Å²) in [6.45, 7) is 7.16. The molecule has 1 aliphatic carbocycles. The van der Waals surface area contributed by atoms with Gasteiger partial charge < -0.3 is 15.2 Å². The third-order valence-electron chi connectivity index (χ3n) is 5.21. The van der Waals surface area contributed by atoms with Gasteiger partial charge in [0.2, 0.25) is 0 Å². The Labute approximate surface area is 182 Å². The molecule has 1 aliphatic rings. The predicted molar refractivity (Wildman–Crippen MR) is 123 cm³/mol. The molecule has 0 radical (unpaired) electrons. The van der Waals surface area contributed by atoms with Crippen LogP contribution in [0.5, 0.6) is 0 Å². The molecule has 0 saturated heterocycles. The lowest BCUT2D eigenvalue weighted by molar-refractivity contribution is 0.0921. The molecular formula is C22H31N7O2. The number of rotatable bonds is 7. The van der Waals surface area contributed by atoms with Gasteiger partial charge in [-0.15, -0.1) is 4.91 Å². The predicted octanol–water partition coefficient (Wildman–Crippen LogP) is 3.76. The average molecular weight is 426 g/mol. The number of imidazole rings is 1. The smallest absolute Gasteiger partial charge is 0.287 e. The van der Waals surface area contributed by atoms with Crippen LogP contribution in [-0.4, -0.2) is 40.1 Å². The van der Waals surface area contributed by atoms with Crippen molar-refractivity contribution in [1.29, 1.82) is 0 Å². The van der Waals surface area contributed by atoms with Crippen LogP contribution >= 0.6 is 0 Å². The molecule has 1 atom stereocenters. The standard InChI is InChI=1S/C22H31N7O2/c1-22(2,3)14-24-18-11-10-17(26-19(18)29(5)27-31)15-6-8-16(9-7-15)25-21(30)20-23-12-13-28(20)4/h6,10-13,16,24H,7-9,14H2,1-5H3,(H,25,30). The van der Waals surface area contributed by atoms with E-state index < -0.39 is 0 Å². The number of nitroso groups, excluding NO2 is 1. The molecule has 3 rings (SSSR count). The summed E-state index contributed by atoms with van der Waals surface area (Å²) >= 11 is 0. The van der Waals surface area contributed by atoms with Gasteiger partial charge in [0.05, 0.1) is 16.7 Å². The molecule has 2 N–H and O–H groups in total. The molecule has 1 amide bonds. The van der Waals surface area contributed by atoms with Gasteiger partial charge in [-0.2, -0.15) is 0 Å². The molecule has 2 heterocycles. The second kappa shape index (κ2) is 9.28. The van der Waals surface area contributed by atoms with Crippen molar-refractivity contribution >= 4 is 23.0 Å². The minimum Gasteiger partial charge on any atom is -0.381 e. The fourth-order valence-corrected chi connectivity index (χ4v) is 3.44. The van der Waals surface area contributed by atoms with Gasteiger partial charge in [0, 0.05) is 39.1 Å². The van der Waals surface area contributed by atoms with Crippen molar-refractivity contribution in [1.82, 2.24) is 19.9 Å². The summed E-state index contributed by atoms with van der Waals surface area (Å²) in [6.07, 6.45) is 7.78. The number of nitrogens with zero attached hydrogens (tertiary/aromatic N) is 5. The number of carbonyl (C=O) groups excluding carboxylic acids is 1. The van der Waals surface area contributed by atoms with Crippen LogP contribution in [0.4, 0.5) is 11.5 Å². The van der Waals surface area contributed by atoms with Gasteiger partial charge in [-0.1, -0.05) is 26.8 Å². The summed E-state index contributed by atoms with van der Waals surface area (Å²) < 4.78 is 1.71. The van der Waals surface area contributed by atoms with Crippen molar-refractivity contribution < 1.29 is 4.79 Å². The zero-order valence-corrected chi connectivity index (χ0v) is 18.8. The van der Waals surface area contributed by atoms with Crippen LogP contribution in [0.25, 0.3) is 5.57 Å². The molecule has 0 saturated carbocycles. The molecule has 0 bridgehead atoms. The van der Waals surface area contributed by atoms with Crippen molar-refractivity contribution in [3.63, 3.8) is 0 Å². The second-order valence-corrected chi connectivity index (χ2v) is 9.12. The molecule has 0 aromatic carbocycles. The van der Waals surface area contributed by atoms with Crippen LogP contribution in [0, 0.1) is 10.3 Å². The Kier molecular flexibility index (Phi) is 6.72. The van der Waals surface area contributed by atoms with Crippen LogP contribution in [0.2, 0.25) is 0 Å². The van der Waals surface area contributed by atoms with Crippen LogP contribution in [0.1, 0.15) is 56.3 Å². The van der Waals surface area contributed by atoms with Crippen molar-refractivity contribution in [2.75, 3.05) is 23.9 Å². The molecule has 0 aliphatic heterocycles. The highest BCUT2D eigenvalue weighted by Crippen LogP contribution is 2.31. The van der Waals surface area contributed by atoms with E-state index in [1.54, 1.807) is 31.1 Å². The summed E-state index contributed by atoms with van der Waals surface area (Å²) in [5.74, 6) is 0.745. The first-order chi connectivity index (χ1) is 14.7. The van der Waals surface area contributed by atoms with Crippen LogP contribution in [0.15, 0.2) is 35.9 Å². The number of aryl methyl sites for hydroxylation is 1. The lowest BCUT2D eigenvalue weighted by Crippen LogP contribution is -2.37. The molecule has 2 aromatic heterocycles. The zero-order chi connectivity index (χ0) is 22.6. The molecule has 166 valence electrons. The largest absolute Gasteiger partial charge is 0.381 e. The van der Waals surface area contributed by atoms with E-state index in [-0.39, 0.29) is 17.4 Å². The third kappa shape index (κ3) is 5.68. The molecule has 2 aromatic rings. The van der Waals surface area contributed by atoms with Crippen molar-refractivity contribution in [3.8, 4) is 0 Å². The normalized spacial score (nSPS) is 16.4. The lowest BCUT2D eigenvalue weighted by atomic mass is 9.93. The fourth-order valence-electron chi connectivity index (χ4n) is 3.44. The highest BCUT2D eigenvalue weighted by Gasteiger charge is 2.22. The first-order valence-corrected chi connectivity index (χ1v) is 10.5. The summed E-state index contributed by atoms with van der Waals surface area (Å²) in [5.41, 5.74) is 2.78. The highest BCUT2D eigenvalue weighted by molar-refractivity contribution is 5.91. The van der Waals surface area contributed by atoms with Gasteiger partial charge in [-0.25, -0.2) is 15.0 Å². The van der Waals surface area contributed by atoms with Crippen molar-refractivity contribution in [2.24, 2.45) is 17.7 Å². The quantitative estimate of drug-likeness (QED) is 0.517. The average Bonchev–Trinajstić information content (AvgIpc) is 3.17. The number of carbonyl (C=O) groups is 1. The van der Waals surface area contributed by atoms with Gasteiger partial charge >= 0.3 is 0 Å². The van der Waals surface area contributed by atoms with Crippen molar-refractivity contribution in [2.45, 2.75) is 46.1 Å². The lowest BCUT2D eigenvalue weighted by Gasteiger charge is -2.24. The minimum atomic E-state index is -0.164. The summed E-state index contributed by atoms with van der Waals surface area (Å²) in [6, 6.07) is 3.96. The van der Waals surface area contributed by atoms with Crippen LogP contribution in [-0.2, 0) is 7.05 Å². The van der Waals surface area contributed by atoms with Gasteiger partial charge in [0.25, 0.3) is 5.91 Å². The molecule has 9 nitrogen and oxygen atoms in total. The maximum absolute atomic E-state index is 12.4. The number of pyridine rings is 1. The van der Waals surface area contributed by atoms with E-state index in [9.17, 15) is 9.70 Å². The first-order valence-electron chi connectivity index (χ1n) is 10.5. The van der Waals surface area contributed by atoms with E-state index in [1.807, 2.05) is 12.1 Å². The molecule has 0 spiro atoms. The van der Waals surface area contributed by atoms with Gasteiger partial charge in [-0.3, -0.25) is 4.79 Å². The third-order valence-corrected chi connectivity index (χ3v) is 5.21. The number of hydrogen-bond donors (Lipinski definition) is 2. The summed E-state index contributed by atoms with van der Waals surface area (Å²) in [4.78, 5) is 32.4. The summed E-state index contributed by atoms with van der Waals surface area (Å²) in [7, 11) is 3.40. The van der Waals surface area contributed by atoms with Gasteiger partial charge in [-0.05, 0) is 42.4 Å². The SMILES string of the molecule is CN(N=O)c1nc(C2=CCC(NC(=O)c3nccn3C)CC2)ccc1NCC(C)(C)C.